The van der Waals surface area contributed by atoms with Gasteiger partial charge in [0.2, 0.25) is 0 Å². The van der Waals surface area contributed by atoms with E-state index in [0.29, 0.717) is 24.8 Å². The van der Waals surface area contributed by atoms with Crippen molar-refractivity contribution in [1.29, 1.82) is 0 Å². The summed E-state index contributed by atoms with van der Waals surface area (Å²) in [7, 11) is 0. The number of ketones is 1. The predicted molar refractivity (Wildman–Crippen MR) is 128 cm³/mol. The molecule has 0 aromatic rings. The van der Waals surface area contributed by atoms with Gasteiger partial charge < -0.3 is 20.1 Å². The zero-order valence-electron chi connectivity index (χ0n) is 20.4. The van der Waals surface area contributed by atoms with E-state index in [1.165, 1.54) is 6.08 Å². The normalized spacial score (nSPS) is 16.1. The van der Waals surface area contributed by atoms with Gasteiger partial charge >= 0.3 is 5.97 Å². The minimum atomic E-state index is -1.33. The van der Waals surface area contributed by atoms with Crippen molar-refractivity contribution in [3.63, 3.8) is 0 Å². The number of hydrogen-bond acceptors (Lipinski definition) is 6. The molecule has 32 heavy (non-hydrogen) atoms. The van der Waals surface area contributed by atoms with Crippen LogP contribution in [0.4, 0.5) is 0 Å². The lowest BCUT2D eigenvalue weighted by Crippen LogP contribution is -2.38. The maximum absolute atomic E-state index is 12.1. The molecule has 0 radical (unpaired) electrons. The molecule has 180 valence electrons. The van der Waals surface area contributed by atoms with Crippen LogP contribution in [0.5, 0.6) is 0 Å². The Balaban J connectivity index is 5.94. The number of esters is 1. The van der Waals surface area contributed by atoms with E-state index in [2.05, 4.69) is 13.2 Å². The molecule has 0 spiro atoms. The fourth-order valence-corrected chi connectivity index (χ4v) is 2.83. The molecular weight excluding hydrogens is 408 g/mol. The molecule has 0 rings (SSSR count). The monoisotopic (exact) mass is 448 g/mol. The van der Waals surface area contributed by atoms with Gasteiger partial charge in [0.1, 0.15) is 6.10 Å². The van der Waals surface area contributed by atoms with Crippen molar-refractivity contribution in [2.24, 2.45) is 5.41 Å². The molecule has 0 aromatic heterocycles. The Morgan fingerprint density at radius 3 is 2.19 bits per heavy atom. The molecule has 0 amide bonds. The second-order valence-electron chi connectivity index (χ2n) is 9.31. The summed E-state index contributed by atoms with van der Waals surface area (Å²) in [5, 5.41) is 30.2. The molecule has 0 heterocycles. The van der Waals surface area contributed by atoms with Crippen molar-refractivity contribution >= 4 is 11.8 Å². The quantitative estimate of drug-likeness (QED) is 0.211. The summed E-state index contributed by atoms with van der Waals surface area (Å²) in [4.78, 5) is 24.0. The molecule has 0 bridgehead atoms. The van der Waals surface area contributed by atoms with Crippen LogP contribution in [0, 0.1) is 5.41 Å². The fourth-order valence-electron chi connectivity index (χ4n) is 2.83. The highest BCUT2D eigenvalue weighted by molar-refractivity contribution is 6.03. The minimum Gasteiger partial charge on any atom is -0.452 e. The van der Waals surface area contributed by atoms with Gasteiger partial charge in [-0.25, -0.2) is 4.79 Å². The smallest absolute Gasteiger partial charge is 0.331 e. The van der Waals surface area contributed by atoms with Gasteiger partial charge in [-0.2, -0.15) is 0 Å². The van der Waals surface area contributed by atoms with Crippen LogP contribution in [0.25, 0.3) is 0 Å². The van der Waals surface area contributed by atoms with E-state index in [1.807, 2.05) is 13.0 Å². The Morgan fingerprint density at radius 2 is 1.75 bits per heavy atom. The Kier molecular flexibility index (Phi) is 12.4. The minimum absolute atomic E-state index is 0.231. The van der Waals surface area contributed by atoms with Crippen LogP contribution in [0.2, 0.25) is 0 Å². The van der Waals surface area contributed by atoms with Crippen LogP contribution in [-0.2, 0) is 14.3 Å². The molecule has 0 aliphatic heterocycles. The fraction of sp³-hybridized carbons (Fsp3) is 0.538. The number of aliphatic hydroxyl groups is 3. The van der Waals surface area contributed by atoms with Crippen molar-refractivity contribution in [3.05, 3.63) is 60.3 Å². The summed E-state index contributed by atoms with van der Waals surface area (Å²) in [5.41, 5.74) is -0.236. The Hall–Kier alpha value is -2.28. The van der Waals surface area contributed by atoms with Gasteiger partial charge in [0.05, 0.1) is 18.3 Å². The summed E-state index contributed by atoms with van der Waals surface area (Å²) < 4.78 is 5.45. The first-order valence-electron chi connectivity index (χ1n) is 10.7. The lowest BCUT2D eigenvalue weighted by molar-refractivity contribution is -0.150. The summed E-state index contributed by atoms with van der Waals surface area (Å²) >= 11 is 0. The zero-order valence-corrected chi connectivity index (χ0v) is 20.4. The van der Waals surface area contributed by atoms with Crippen molar-refractivity contribution in [2.75, 3.05) is 6.61 Å². The Morgan fingerprint density at radius 1 is 1.16 bits per heavy atom. The third-order valence-electron chi connectivity index (χ3n) is 5.06. The summed E-state index contributed by atoms with van der Waals surface area (Å²) in [5.74, 6) is -0.911. The number of rotatable bonds is 14. The van der Waals surface area contributed by atoms with E-state index in [4.69, 9.17) is 4.74 Å². The van der Waals surface area contributed by atoms with E-state index in [9.17, 15) is 24.9 Å². The standard InChI is InChI=1S/C26H40O6/c1-9-21(28)20(17-27)10-13-26(8,14-11-22(29)19(4)5)15-12-23(25(6,7)31)32-24(30)16-18(2)3/h9-10,12,15-16,22-23,27,29,31H,1,4,11,13-14,17H2,2-3,5-8H3/b15-12+,20-10-/t22?,23-,26-/m1/s1. The molecule has 0 aliphatic rings. The highest BCUT2D eigenvalue weighted by Crippen LogP contribution is 2.33. The largest absolute Gasteiger partial charge is 0.452 e. The molecule has 6 nitrogen and oxygen atoms in total. The Labute approximate surface area is 192 Å². The summed E-state index contributed by atoms with van der Waals surface area (Å²) in [6.07, 6.45) is 7.34. The number of allylic oxidation sites excluding steroid dienone is 4. The van der Waals surface area contributed by atoms with Gasteiger partial charge in [0.25, 0.3) is 0 Å². The third-order valence-corrected chi connectivity index (χ3v) is 5.06. The van der Waals surface area contributed by atoms with Gasteiger partial charge in [-0.1, -0.05) is 43.4 Å². The number of ether oxygens (including phenoxy) is 1. The second-order valence-corrected chi connectivity index (χ2v) is 9.31. The van der Waals surface area contributed by atoms with Crippen LogP contribution in [0.15, 0.2) is 60.3 Å². The lowest BCUT2D eigenvalue weighted by atomic mass is 9.79. The maximum atomic E-state index is 12.1. The topological polar surface area (TPSA) is 104 Å². The molecule has 0 saturated heterocycles. The predicted octanol–water partition coefficient (Wildman–Crippen LogP) is 3.98. The van der Waals surface area contributed by atoms with E-state index in [-0.39, 0.29) is 11.4 Å². The molecule has 0 saturated carbocycles. The highest BCUT2D eigenvalue weighted by atomic mass is 16.6. The molecule has 3 N–H and O–H groups in total. The van der Waals surface area contributed by atoms with E-state index in [1.54, 1.807) is 46.8 Å². The summed E-state index contributed by atoms with van der Waals surface area (Å²) in [6.45, 7) is 17.1. The van der Waals surface area contributed by atoms with E-state index >= 15 is 0 Å². The lowest BCUT2D eigenvalue weighted by Gasteiger charge is -2.30. The molecule has 6 heteroatoms. The number of hydrogen-bond donors (Lipinski definition) is 3. The van der Waals surface area contributed by atoms with Crippen molar-refractivity contribution in [3.8, 4) is 0 Å². The van der Waals surface area contributed by atoms with Crippen LogP contribution in [-0.4, -0.2) is 51.5 Å². The van der Waals surface area contributed by atoms with Crippen LogP contribution in [0.1, 0.15) is 60.8 Å². The Bertz CT molecular complexity index is 762. The number of aliphatic hydroxyl groups excluding tert-OH is 2. The summed E-state index contributed by atoms with van der Waals surface area (Å²) in [6, 6.07) is 0. The first-order chi connectivity index (χ1) is 14.6. The number of carbonyl (C=O) groups excluding carboxylic acids is 2. The molecular formula is C26H40O6. The first kappa shape index (κ1) is 29.7. The van der Waals surface area contributed by atoms with Crippen LogP contribution >= 0.6 is 0 Å². The van der Waals surface area contributed by atoms with Crippen molar-refractivity contribution in [1.82, 2.24) is 0 Å². The maximum Gasteiger partial charge on any atom is 0.331 e. The van der Waals surface area contributed by atoms with Crippen LogP contribution < -0.4 is 0 Å². The van der Waals surface area contributed by atoms with Crippen molar-refractivity contribution < 1.29 is 29.6 Å². The second kappa shape index (κ2) is 13.3. The molecule has 1 unspecified atom stereocenters. The molecule has 0 fully saturated rings. The number of carbonyl (C=O) groups is 2. The van der Waals surface area contributed by atoms with Gasteiger partial charge in [0.15, 0.2) is 5.78 Å². The molecule has 0 aliphatic carbocycles. The van der Waals surface area contributed by atoms with Gasteiger partial charge in [-0.3, -0.25) is 4.79 Å². The van der Waals surface area contributed by atoms with Crippen molar-refractivity contribution in [2.45, 2.75) is 78.6 Å². The zero-order chi connectivity index (χ0) is 25.1. The SMILES string of the molecule is C=CC(=O)/C(=C\C[C@@](C)(/C=C/[C@@H](OC(=O)C=C(C)C)C(C)(C)O)CCC(O)C(=C)C)CO. The van der Waals surface area contributed by atoms with Gasteiger partial charge in [-0.15, -0.1) is 0 Å². The first-order valence-corrected chi connectivity index (χ1v) is 10.7. The molecule has 0 aromatic carbocycles. The average Bonchev–Trinajstić information content (AvgIpc) is 2.68. The van der Waals surface area contributed by atoms with Gasteiger partial charge in [0, 0.05) is 11.6 Å². The van der Waals surface area contributed by atoms with Crippen LogP contribution in [0.3, 0.4) is 0 Å². The van der Waals surface area contributed by atoms with E-state index < -0.39 is 35.8 Å². The molecule has 3 atom stereocenters. The van der Waals surface area contributed by atoms with Gasteiger partial charge in [-0.05, 0) is 71.4 Å². The average molecular weight is 449 g/mol. The highest BCUT2D eigenvalue weighted by Gasteiger charge is 2.30. The third kappa shape index (κ3) is 11.4. The van der Waals surface area contributed by atoms with E-state index in [0.717, 1.165) is 11.6 Å².